The second kappa shape index (κ2) is 8.48. The molecule has 23 heavy (non-hydrogen) atoms. The largest absolute Gasteiger partial charge is 0.316 e. The van der Waals surface area contributed by atoms with Gasteiger partial charge in [0.2, 0.25) is 0 Å². The highest BCUT2D eigenvalue weighted by Crippen LogP contribution is 2.26. The third kappa shape index (κ3) is 5.46. The summed E-state index contributed by atoms with van der Waals surface area (Å²) in [6, 6.07) is 10.9. The Balaban J connectivity index is 0.00000192. The molecule has 2 saturated heterocycles. The lowest BCUT2D eigenvalue weighted by Crippen LogP contribution is -2.38. The van der Waals surface area contributed by atoms with Crippen molar-refractivity contribution in [2.75, 3.05) is 46.3 Å². The molecule has 130 valence electrons. The molecule has 2 unspecified atom stereocenters. The summed E-state index contributed by atoms with van der Waals surface area (Å²) in [5, 5.41) is 3.51. The fourth-order valence-corrected chi connectivity index (χ4v) is 4.21. The lowest BCUT2D eigenvalue weighted by Gasteiger charge is -2.30. The Kier molecular flexibility index (Phi) is 6.90. The molecule has 1 aromatic rings. The van der Waals surface area contributed by atoms with Crippen LogP contribution in [0.2, 0.25) is 0 Å². The van der Waals surface area contributed by atoms with Crippen molar-refractivity contribution in [1.82, 2.24) is 15.1 Å². The van der Waals surface area contributed by atoms with Gasteiger partial charge in [0.05, 0.1) is 0 Å². The summed E-state index contributed by atoms with van der Waals surface area (Å²) >= 11 is 0. The van der Waals surface area contributed by atoms with E-state index in [-0.39, 0.29) is 12.4 Å². The van der Waals surface area contributed by atoms with E-state index in [1.165, 1.54) is 57.7 Å². The zero-order valence-corrected chi connectivity index (χ0v) is 15.4. The molecule has 1 aromatic carbocycles. The fraction of sp³-hybridized carbons (Fsp3) is 0.684. The quantitative estimate of drug-likeness (QED) is 0.861. The fourth-order valence-electron chi connectivity index (χ4n) is 4.21. The van der Waals surface area contributed by atoms with Crippen molar-refractivity contribution < 1.29 is 0 Å². The SMILES string of the molecule is CN(CC1CCN(Cc2ccccc2)C1)CC1(C)CCNC1.Cl. The first-order chi connectivity index (χ1) is 10.6. The number of nitrogens with zero attached hydrogens (tertiary/aromatic N) is 2. The van der Waals surface area contributed by atoms with Crippen molar-refractivity contribution in [2.45, 2.75) is 26.3 Å². The van der Waals surface area contributed by atoms with Gasteiger partial charge in [-0.25, -0.2) is 0 Å². The third-order valence-corrected chi connectivity index (χ3v) is 5.30. The smallest absolute Gasteiger partial charge is 0.0233 e. The lowest BCUT2D eigenvalue weighted by atomic mass is 9.89. The van der Waals surface area contributed by atoms with Gasteiger partial charge >= 0.3 is 0 Å². The Morgan fingerprint density at radius 3 is 2.78 bits per heavy atom. The van der Waals surface area contributed by atoms with Crippen molar-refractivity contribution in [1.29, 1.82) is 0 Å². The Morgan fingerprint density at radius 2 is 2.09 bits per heavy atom. The molecule has 0 amide bonds. The summed E-state index contributed by atoms with van der Waals surface area (Å²) in [4.78, 5) is 5.19. The topological polar surface area (TPSA) is 18.5 Å². The minimum absolute atomic E-state index is 0. The molecule has 2 heterocycles. The minimum atomic E-state index is 0. The highest BCUT2D eigenvalue weighted by Gasteiger charge is 2.31. The predicted octanol–water partition coefficient (Wildman–Crippen LogP) is 2.86. The van der Waals surface area contributed by atoms with Crippen molar-refractivity contribution >= 4 is 12.4 Å². The number of likely N-dealkylation sites (tertiary alicyclic amines) is 1. The molecule has 1 N–H and O–H groups in total. The average molecular weight is 338 g/mol. The number of nitrogens with one attached hydrogen (secondary N) is 1. The number of halogens is 1. The van der Waals surface area contributed by atoms with Gasteiger partial charge in [-0.05, 0) is 49.9 Å². The molecular formula is C19H32ClN3. The summed E-state index contributed by atoms with van der Waals surface area (Å²) in [7, 11) is 2.31. The van der Waals surface area contributed by atoms with Crippen LogP contribution in [0.1, 0.15) is 25.3 Å². The third-order valence-electron chi connectivity index (χ3n) is 5.30. The van der Waals surface area contributed by atoms with E-state index in [9.17, 15) is 0 Å². The monoisotopic (exact) mass is 337 g/mol. The van der Waals surface area contributed by atoms with Gasteiger partial charge < -0.3 is 10.2 Å². The first-order valence-corrected chi connectivity index (χ1v) is 8.79. The lowest BCUT2D eigenvalue weighted by molar-refractivity contribution is 0.184. The molecule has 2 atom stereocenters. The van der Waals surface area contributed by atoms with Gasteiger partial charge in [-0.15, -0.1) is 12.4 Å². The van der Waals surface area contributed by atoms with E-state index in [0.717, 1.165) is 12.5 Å². The number of benzene rings is 1. The molecule has 4 heteroatoms. The zero-order valence-electron chi connectivity index (χ0n) is 14.6. The summed E-state index contributed by atoms with van der Waals surface area (Å²) in [6.45, 7) is 10.9. The molecule has 3 nitrogen and oxygen atoms in total. The van der Waals surface area contributed by atoms with Gasteiger partial charge in [0.1, 0.15) is 0 Å². The van der Waals surface area contributed by atoms with Crippen LogP contribution < -0.4 is 5.32 Å². The maximum atomic E-state index is 3.51. The first-order valence-electron chi connectivity index (χ1n) is 8.79. The molecule has 3 rings (SSSR count). The Bertz CT molecular complexity index is 459. The van der Waals surface area contributed by atoms with Crippen LogP contribution in [-0.2, 0) is 6.54 Å². The summed E-state index contributed by atoms with van der Waals surface area (Å²) < 4.78 is 0. The minimum Gasteiger partial charge on any atom is -0.316 e. The van der Waals surface area contributed by atoms with E-state index in [1.54, 1.807) is 0 Å². The van der Waals surface area contributed by atoms with Crippen molar-refractivity contribution in [3.8, 4) is 0 Å². The second-order valence-corrected chi connectivity index (χ2v) is 7.81. The number of hydrogen-bond acceptors (Lipinski definition) is 3. The highest BCUT2D eigenvalue weighted by atomic mass is 35.5. The van der Waals surface area contributed by atoms with Gasteiger partial charge in [0.25, 0.3) is 0 Å². The van der Waals surface area contributed by atoms with Gasteiger partial charge in [0, 0.05) is 32.7 Å². The Hall–Kier alpha value is -0.610. The van der Waals surface area contributed by atoms with E-state index in [1.807, 2.05) is 0 Å². The number of hydrogen-bond donors (Lipinski definition) is 1. The van der Waals surface area contributed by atoms with E-state index < -0.39 is 0 Å². The van der Waals surface area contributed by atoms with E-state index >= 15 is 0 Å². The van der Waals surface area contributed by atoms with E-state index in [4.69, 9.17) is 0 Å². The Labute approximate surface area is 147 Å². The zero-order chi connectivity index (χ0) is 15.4. The molecule has 0 aromatic heterocycles. The van der Waals surface area contributed by atoms with Gasteiger partial charge in [-0.1, -0.05) is 37.3 Å². The molecule has 0 aliphatic carbocycles. The van der Waals surface area contributed by atoms with Crippen LogP contribution in [0, 0.1) is 11.3 Å². The number of rotatable bonds is 6. The van der Waals surface area contributed by atoms with Crippen LogP contribution in [0.25, 0.3) is 0 Å². The molecule has 0 saturated carbocycles. The van der Waals surface area contributed by atoms with Crippen LogP contribution in [0.4, 0.5) is 0 Å². The molecule has 0 bridgehead atoms. The van der Waals surface area contributed by atoms with Gasteiger partial charge in [0.15, 0.2) is 0 Å². The maximum Gasteiger partial charge on any atom is 0.0233 e. The van der Waals surface area contributed by atoms with E-state index in [0.29, 0.717) is 5.41 Å². The predicted molar refractivity (Wildman–Crippen MR) is 100 cm³/mol. The van der Waals surface area contributed by atoms with Crippen LogP contribution in [0.3, 0.4) is 0 Å². The summed E-state index contributed by atoms with van der Waals surface area (Å²) in [6.07, 6.45) is 2.67. The van der Waals surface area contributed by atoms with Crippen LogP contribution in [0.5, 0.6) is 0 Å². The molecular weight excluding hydrogens is 306 g/mol. The van der Waals surface area contributed by atoms with Gasteiger partial charge in [-0.3, -0.25) is 4.90 Å². The first kappa shape index (κ1) is 18.7. The van der Waals surface area contributed by atoms with Crippen molar-refractivity contribution in [2.24, 2.45) is 11.3 Å². The van der Waals surface area contributed by atoms with Crippen LogP contribution >= 0.6 is 12.4 Å². The second-order valence-electron chi connectivity index (χ2n) is 7.81. The molecule has 2 aliphatic rings. The summed E-state index contributed by atoms with van der Waals surface area (Å²) in [5.41, 5.74) is 1.93. The van der Waals surface area contributed by atoms with E-state index in [2.05, 4.69) is 59.4 Å². The normalized spacial score (nSPS) is 28.2. The average Bonchev–Trinajstić information content (AvgIpc) is 3.09. The van der Waals surface area contributed by atoms with Crippen LogP contribution in [0.15, 0.2) is 30.3 Å². The van der Waals surface area contributed by atoms with Crippen molar-refractivity contribution in [3.63, 3.8) is 0 Å². The molecule has 2 fully saturated rings. The molecule has 0 radical (unpaired) electrons. The molecule has 2 aliphatic heterocycles. The Morgan fingerprint density at radius 1 is 1.30 bits per heavy atom. The van der Waals surface area contributed by atoms with Crippen molar-refractivity contribution in [3.05, 3.63) is 35.9 Å². The van der Waals surface area contributed by atoms with Crippen LogP contribution in [-0.4, -0.2) is 56.1 Å². The standard InChI is InChI=1S/C19H31N3.ClH/c1-19(9-10-20-15-19)16-21(2)12-18-8-11-22(14-18)13-17-6-4-3-5-7-17;/h3-7,18,20H,8-16H2,1-2H3;1H. The maximum absolute atomic E-state index is 3.51. The highest BCUT2D eigenvalue weighted by molar-refractivity contribution is 5.85. The summed E-state index contributed by atoms with van der Waals surface area (Å²) in [5.74, 6) is 0.840. The van der Waals surface area contributed by atoms with Gasteiger partial charge in [-0.2, -0.15) is 0 Å². The molecule has 0 spiro atoms.